The number of benzene rings is 1. The highest BCUT2D eigenvalue weighted by Crippen LogP contribution is 2.38. The molecule has 0 bridgehead atoms. The van der Waals surface area contributed by atoms with Gasteiger partial charge in [0.05, 0.1) is 0 Å². The zero-order valence-corrected chi connectivity index (χ0v) is 20.8. The Labute approximate surface area is 206 Å². The van der Waals surface area contributed by atoms with E-state index in [0.717, 1.165) is 24.0 Å². The van der Waals surface area contributed by atoms with E-state index in [-0.39, 0.29) is 21.8 Å². The van der Waals surface area contributed by atoms with Gasteiger partial charge in [-0.1, -0.05) is 20.7 Å². The Bertz CT molecular complexity index is 1190. The van der Waals surface area contributed by atoms with Crippen LogP contribution in [0.4, 0.5) is 4.39 Å². The molecule has 9 heteroatoms. The van der Waals surface area contributed by atoms with Crippen LogP contribution in [0.25, 0.3) is 0 Å². The quantitative estimate of drug-likeness (QED) is 0.406. The number of carbonyl (C=O) groups excluding carboxylic acids is 3. The van der Waals surface area contributed by atoms with Gasteiger partial charge in [-0.15, -0.1) is 0 Å². The topological polar surface area (TPSA) is 85.8 Å². The second-order valence-corrected chi connectivity index (χ2v) is 11.8. The minimum absolute atomic E-state index is 0.0115. The predicted molar refractivity (Wildman–Crippen MR) is 129 cm³/mol. The molecule has 1 saturated carbocycles. The van der Waals surface area contributed by atoms with Gasteiger partial charge in [0.1, 0.15) is 5.82 Å². The molecule has 178 valence electrons. The molecule has 3 heterocycles. The molecule has 0 radical (unpaired) electrons. The zero-order valence-electron chi connectivity index (χ0n) is 18.7. The molecule has 1 aromatic carbocycles. The summed E-state index contributed by atoms with van der Waals surface area (Å²) in [7, 11) is 0. The standard InChI is InChI=1S/C25H24FIN2O5/c1-15-12-28-7-4-16(15)13-29-14-18(10-21(29)30)17-8-19(26)11-20(9-17)27-22-23(31)33-25(34-24(22)32)5-2-3-6-25/h4,7-9,11-12,18H,2-3,5-6,10,13-14H2,1H3. The number of halogens is 2. The zero-order chi connectivity index (χ0) is 23.9. The van der Waals surface area contributed by atoms with Gasteiger partial charge in [0.15, 0.2) is 3.51 Å². The number of hydrogen-bond acceptors (Lipinski definition) is 6. The smallest absolute Gasteiger partial charge is 0.354 e. The van der Waals surface area contributed by atoms with Gasteiger partial charge in [0.25, 0.3) is 5.79 Å². The largest absolute Gasteiger partial charge is 0.418 e. The number of likely N-dealkylation sites (tertiary alicyclic amines) is 1. The van der Waals surface area contributed by atoms with Gasteiger partial charge in [-0.3, -0.25) is 9.78 Å². The molecule has 2 saturated heterocycles. The lowest BCUT2D eigenvalue weighted by Crippen LogP contribution is -2.48. The van der Waals surface area contributed by atoms with Gasteiger partial charge in [0.2, 0.25) is 5.91 Å². The average molecular weight is 578 g/mol. The second kappa shape index (κ2) is 9.16. The Balaban J connectivity index is 1.35. The van der Waals surface area contributed by atoms with Crippen LogP contribution in [0.15, 0.2) is 36.7 Å². The molecule has 2 aromatic rings. The summed E-state index contributed by atoms with van der Waals surface area (Å²) in [6, 6.07) is 6.49. The first-order valence-corrected chi connectivity index (χ1v) is 13.4. The SMILES string of the molecule is Cc1cnccc1CN1CC(c2cc(F)cc(I=C3C(=O)OC4(CCCC4)OC3=O)c2)CC1=O. The number of esters is 2. The maximum atomic E-state index is 14.5. The predicted octanol–water partition coefficient (Wildman–Crippen LogP) is 3.73. The maximum Gasteiger partial charge on any atom is 0.354 e. The molecule has 5 rings (SSSR count). The lowest BCUT2D eigenvalue weighted by Gasteiger charge is -2.32. The number of aromatic nitrogens is 1. The lowest BCUT2D eigenvalue weighted by atomic mass is 9.98. The van der Waals surface area contributed by atoms with Crippen LogP contribution in [-0.2, 0) is 30.4 Å². The lowest BCUT2D eigenvalue weighted by molar-refractivity contribution is -0.224. The molecule has 3 aliphatic rings. The minimum Gasteiger partial charge on any atom is -0.418 e. The molecule has 1 unspecified atom stereocenters. The first-order chi connectivity index (χ1) is 16.3. The molecule has 7 nitrogen and oxygen atoms in total. The van der Waals surface area contributed by atoms with E-state index in [1.807, 2.05) is 19.1 Å². The van der Waals surface area contributed by atoms with Crippen LogP contribution >= 0.6 is 20.7 Å². The van der Waals surface area contributed by atoms with E-state index in [1.165, 1.54) is 12.1 Å². The number of ether oxygens (including phenoxy) is 2. The Kier molecular flexibility index (Phi) is 6.22. The van der Waals surface area contributed by atoms with Gasteiger partial charge in [-0.2, -0.15) is 0 Å². The third kappa shape index (κ3) is 4.62. The van der Waals surface area contributed by atoms with Gasteiger partial charge in [-0.25, -0.2) is 14.0 Å². The third-order valence-electron chi connectivity index (χ3n) is 6.55. The van der Waals surface area contributed by atoms with Crippen molar-refractivity contribution in [2.24, 2.45) is 0 Å². The number of pyridine rings is 1. The van der Waals surface area contributed by atoms with Crippen molar-refractivity contribution in [1.82, 2.24) is 9.88 Å². The molecule has 2 aliphatic heterocycles. The number of carbonyl (C=O) groups is 3. The fourth-order valence-corrected chi connectivity index (χ4v) is 6.99. The first-order valence-electron chi connectivity index (χ1n) is 11.3. The van der Waals surface area contributed by atoms with Crippen LogP contribution in [0, 0.1) is 16.3 Å². The van der Waals surface area contributed by atoms with E-state index in [0.29, 0.717) is 35.1 Å². The fourth-order valence-electron chi connectivity index (χ4n) is 4.73. The summed E-state index contributed by atoms with van der Waals surface area (Å²) in [4.78, 5) is 43.7. The van der Waals surface area contributed by atoms with E-state index < -0.39 is 44.3 Å². The third-order valence-corrected chi connectivity index (χ3v) is 9.22. The molecule has 0 N–H and O–H groups in total. The molecule has 3 fully saturated rings. The Hall–Kier alpha value is -2.69. The summed E-state index contributed by atoms with van der Waals surface area (Å²) >= 11 is -1.30. The van der Waals surface area contributed by atoms with Crippen molar-refractivity contribution in [2.45, 2.75) is 57.3 Å². The molecule has 1 spiro atoms. The summed E-state index contributed by atoms with van der Waals surface area (Å²) in [5.74, 6) is -3.01. The second-order valence-electron chi connectivity index (χ2n) is 8.99. The molecule has 1 amide bonds. The Morgan fingerprint density at radius 2 is 1.88 bits per heavy atom. The van der Waals surface area contributed by atoms with Crippen LogP contribution in [-0.4, -0.2) is 43.6 Å². The van der Waals surface area contributed by atoms with E-state index >= 15 is 0 Å². The van der Waals surface area contributed by atoms with Crippen molar-refractivity contribution in [3.05, 3.63) is 62.7 Å². The van der Waals surface area contributed by atoms with E-state index in [4.69, 9.17) is 9.47 Å². The molecule has 34 heavy (non-hydrogen) atoms. The number of aryl methyl sites for hydroxylation is 1. The van der Waals surface area contributed by atoms with Crippen molar-refractivity contribution >= 4 is 42.1 Å². The summed E-state index contributed by atoms with van der Waals surface area (Å²) in [5.41, 5.74) is 2.74. The summed E-state index contributed by atoms with van der Waals surface area (Å²) in [5, 5.41) is 0. The van der Waals surface area contributed by atoms with Crippen molar-refractivity contribution in [3.8, 4) is 0 Å². The number of amides is 1. The van der Waals surface area contributed by atoms with E-state index in [9.17, 15) is 18.8 Å². The van der Waals surface area contributed by atoms with Crippen LogP contribution in [0.5, 0.6) is 0 Å². The number of nitrogens with zero attached hydrogens (tertiary/aromatic N) is 2. The Morgan fingerprint density at radius 3 is 2.59 bits per heavy atom. The molecular weight excluding hydrogens is 554 g/mol. The highest BCUT2D eigenvalue weighted by Gasteiger charge is 2.48. The first kappa shape index (κ1) is 23.1. The minimum atomic E-state index is -1.30. The highest BCUT2D eigenvalue weighted by atomic mass is 127. The number of rotatable bonds is 4. The van der Waals surface area contributed by atoms with Crippen LogP contribution in [0.2, 0.25) is 0 Å². The fraction of sp³-hybridized carbons (Fsp3) is 0.400. The number of hydrogen-bond donors (Lipinski definition) is 0. The molecule has 1 aliphatic carbocycles. The summed E-state index contributed by atoms with van der Waals surface area (Å²) in [6.45, 7) is 2.91. The summed E-state index contributed by atoms with van der Waals surface area (Å²) < 4.78 is 26.1. The molecular formula is C25H24FIN2O5. The van der Waals surface area contributed by atoms with Gasteiger partial charge >= 0.3 is 11.9 Å². The molecule has 1 atom stereocenters. The van der Waals surface area contributed by atoms with Crippen LogP contribution < -0.4 is 0 Å². The monoisotopic (exact) mass is 578 g/mol. The van der Waals surface area contributed by atoms with Crippen LogP contribution in [0.1, 0.15) is 54.7 Å². The normalized spacial score (nSPS) is 21.8. The van der Waals surface area contributed by atoms with E-state index in [2.05, 4.69) is 4.98 Å². The summed E-state index contributed by atoms with van der Waals surface area (Å²) in [6.07, 6.45) is 6.48. The van der Waals surface area contributed by atoms with Crippen molar-refractivity contribution in [2.75, 3.05) is 6.54 Å². The van der Waals surface area contributed by atoms with Crippen molar-refractivity contribution in [1.29, 1.82) is 0 Å². The van der Waals surface area contributed by atoms with E-state index in [1.54, 1.807) is 17.3 Å². The van der Waals surface area contributed by atoms with Gasteiger partial charge in [-0.05, 0) is 60.7 Å². The molecule has 1 aromatic heterocycles. The van der Waals surface area contributed by atoms with Gasteiger partial charge < -0.3 is 14.4 Å². The van der Waals surface area contributed by atoms with Crippen LogP contribution in [0.3, 0.4) is 0 Å². The maximum absolute atomic E-state index is 14.5. The van der Waals surface area contributed by atoms with Crippen molar-refractivity contribution < 1.29 is 28.2 Å². The Morgan fingerprint density at radius 1 is 1.15 bits per heavy atom. The highest BCUT2D eigenvalue weighted by molar-refractivity contribution is 14.2. The van der Waals surface area contributed by atoms with Crippen molar-refractivity contribution in [3.63, 3.8) is 0 Å². The van der Waals surface area contributed by atoms with Gasteiger partial charge in [0, 0.05) is 54.2 Å². The average Bonchev–Trinajstić information content (AvgIpc) is 3.38.